The first kappa shape index (κ1) is 24.9. The van der Waals surface area contributed by atoms with E-state index in [9.17, 15) is 4.79 Å². The van der Waals surface area contributed by atoms with Gasteiger partial charge in [-0.15, -0.1) is 24.0 Å². The summed E-state index contributed by atoms with van der Waals surface area (Å²) in [6.45, 7) is 5.09. The molecule has 0 radical (unpaired) electrons. The van der Waals surface area contributed by atoms with Gasteiger partial charge in [-0.2, -0.15) is 0 Å². The Morgan fingerprint density at radius 2 is 1.90 bits per heavy atom. The van der Waals surface area contributed by atoms with Crippen LogP contribution in [0.2, 0.25) is 0 Å². The van der Waals surface area contributed by atoms with Gasteiger partial charge in [-0.05, 0) is 36.2 Å². The van der Waals surface area contributed by atoms with Crippen molar-refractivity contribution >= 4 is 41.5 Å². The van der Waals surface area contributed by atoms with Crippen molar-refractivity contribution in [3.63, 3.8) is 0 Å². The minimum Gasteiger partial charge on any atom is -0.491 e. The number of hydrogen-bond donors (Lipinski definition) is 3. The fourth-order valence-electron chi connectivity index (χ4n) is 3.35. The van der Waals surface area contributed by atoms with Gasteiger partial charge in [-0.3, -0.25) is 4.79 Å². The Bertz CT molecular complexity index is 858. The summed E-state index contributed by atoms with van der Waals surface area (Å²) in [5.41, 5.74) is 3.15. The van der Waals surface area contributed by atoms with Crippen LogP contribution >= 0.6 is 24.0 Å². The molecule has 0 aliphatic carbocycles. The Kier molecular flexibility index (Phi) is 10.6. The third-order valence-electron chi connectivity index (χ3n) is 4.87. The van der Waals surface area contributed by atoms with E-state index in [1.165, 1.54) is 0 Å². The average molecular weight is 538 g/mol. The number of carbonyl (C=O) groups is 1. The largest absolute Gasteiger partial charge is 0.491 e. The van der Waals surface area contributed by atoms with E-state index in [0.717, 1.165) is 35.1 Å². The molecule has 3 rings (SSSR count). The van der Waals surface area contributed by atoms with E-state index in [2.05, 4.69) is 27.0 Å². The summed E-state index contributed by atoms with van der Waals surface area (Å²) >= 11 is 0. The number of aliphatic imine (C=N–C) groups is 1. The van der Waals surface area contributed by atoms with Crippen LogP contribution in [0, 0.1) is 0 Å². The highest BCUT2D eigenvalue weighted by molar-refractivity contribution is 14.0. The number of nitrogens with zero attached hydrogens (tertiary/aromatic N) is 1. The third-order valence-corrected chi connectivity index (χ3v) is 4.87. The molecule has 2 aromatic rings. The highest BCUT2D eigenvalue weighted by atomic mass is 127. The van der Waals surface area contributed by atoms with Gasteiger partial charge in [0.25, 0.3) is 0 Å². The second kappa shape index (κ2) is 13.2. The van der Waals surface area contributed by atoms with Crippen LogP contribution in [0.3, 0.4) is 0 Å². The van der Waals surface area contributed by atoms with Gasteiger partial charge in [0.1, 0.15) is 12.4 Å². The van der Waals surface area contributed by atoms with Gasteiger partial charge in [0, 0.05) is 38.2 Å². The molecule has 1 amide bonds. The van der Waals surface area contributed by atoms with E-state index in [1.807, 2.05) is 49.4 Å². The van der Waals surface area contributed by atoms with Crippen LogP contribution in [-0.4, -0.2) is 45.3 Å². The monoisotopic (exact) mass is 538 g/mol. The molecular weight excluding hydrogens is 507 g/mol. The van der Waals surface area contributed by atoms with Crippen molar-refractivity contribution in [3.05, 3.63) is 59.7 Å². The molecule has 1 aliphatic heterocycles. The number of guanidine groups is 1. The van der Waals surface area contributed by atoms with Crippen molar-refractivity contribution in [1.29, 1.82) is 0 Å². The normalized spacial score (nSPS) is 15.4. The number of anilines is 1. The van der Waals surface area contributed by atoms with Crippen molar-refractivity contribution in [2.75, 3.05) is 38.7 Å². The van der Waals surface area contributed by atoms with Crippen molar-refractivity contribution in [3.8, 4) is 5.75 Å². The van der Waals surface area contributed by atoms with Gasteiger partial charge < -0.3 is 25.4 Å². The summed E-state index contributed by atoms with van der Waals surface area (Å²) in [6.07, 6.45) is 0.466. The molecule has 0 aromatic heterocycles. The van der Waals surface area contributed by atoms with Crippen LogP contribution in [0.1, 0.15) is 30.4 Å². The quantitative estimate of drug-likeness (QED) is 0.197. The van der Waals surface area contributed by atoms with Gasteiger partial charge in [0.15, 0.2) is 5.96 Å². The Morgan fingerprint density at radius 1 is 1.13 bits per heavy atom. The van der Waals surface area contributed by atoms with E-state index in [-0.39, 0.29) is 35.8 Å². The Labute approximate surface area is 201 Å². The molecule has 0 saturated carbocycles. The molecule has 1 heterocycles. The highest BCUT2D eigenvalue weighted by Gasteiger charge is 2.24. The van der Waals surface area contributed by atoms with Crippen LogP contribution in [0.4, 0.5) is 5.69 Å². The lowest BCUT2D eigenvalue weighted by Gasteiger charge is -2.26. The highest BCUT2D eigenvalue weighted by Crippen LogP contribution is 2.31. The molecule has 7 nitrogen and oxygen atoms in total. The summed E-state index contributed by atoms with van der Waals surface area (Å²) < 4.78 is 10.6. The number of ether oxygens (including phenoxy) is 2. The molecule has 1 atom stereocenters. The lowest BCUT2D eigenvalue weighted by molar-refractivity contribution is -0.116. The Balaban J connectivity index is 0.00000341. The number of amides is 1. The average Bonchev–Trinajstić information content (AvgIpc) is 2.76. The molecule has 0 bridgehead atoms. The molecule has 31 heavy (non-hydrogen) atoms. The minimum absolute atomic E-state index is 0. The van der Waals surface area contributed by atoms with Crippen LogP contribution < -0.4 is 20.7 Å². The fraction of sp³-hybridized carbons (Fsp3) is 0.391. The van der Waals surface area contributed by atoms with E-state index in [4.69, 9.17) is 9.47 Å². The maximum absolute atomic E-state index is 12.0. The lowest BCUT2D eigenvalue weighted by atomic mass is 9.90. The molecule has 1 aliphatic rings. The summed E-state index contributed by atoms with van der Waals surface area (Å²) in [7, 11) is 1.65. The number of rotatable bonds is 9. The first-order chi connectivity index (χ1) is 14.7. The number of nitrogens with one attached hydrogen (secondary N) is 3. The van der Waals surface area contributed by atoms with E-state index in [0.29, 0.717) is 32.7 Å². The van der Waals surface area contributed by atoms with Crippen LogP contribution in [0.25, 0.3) is 0 Å². The summed E-state index contributed by atoms with van der Waals surface area (Å²) in [5.74, 6) is 1.72. The van der Waals surface area contributed by atoms with Crippen molar-refractivity contribution < 1.29 is 14.3 Å². The summed E-state index contributed by atoms with van der Waals surface area (Å²) in [6, 6.07) is 15.9. The molecule has 3 N–H and O–H groups in total. The molecule has 8 heteroatoms. The molecular formula is C23H31IN4O3. The minimum atomic E-state index is 0. The molecule has 2 aromatic carbocycles. The number of carbonyl (C=O) groups excluding carboxylic acids is 1. The summed E-state index contributed by atoms with van der Waals surface area (Å²) in [4.78, 5) is 16.7. The van der Waals surface area contributed by atoms with Gasteiger partial charge in [-0.1, -0.05) is 30.3 Å². The van der Waals surface area contributed by atoms with E-state index in [1.54, 1.807) is 7.11 Å². The zero-order valence-corrected chi connectivity index (χ0v) is 20.3. The SMILES string of the molecule is CCNC(=NCc1ccc(OCCOC)cc1)NCC1CC(=O)Nc2ccccc21.I. The molecule has 0 spiro atoms. The molecule has 1 unspecified atom stereocenters. The van der Waals surface area contributed by atoms with Crippen LogP contribution in [0.15, 0.2) is 53.5 Å². The van der Waals surface area contributed by atoms with Gasteiger partial charge >= 0.3 is 0 Å². The third kappa shape index (κ3) is 7.70. The second-order valence-electron chi connectivity index (χ2n) is 7.10. The fourth-order valence-corrected chi connectivity index (χ4v) is 3.35. The number of halogens is 1. The van der Waals surface area contributed by atoms with Crippen molar-refractivity contribution in [2.45, 2.75) is 25.8 Å². The van der Waals surface area contributed by atoms with Crippen molar-refractivity contribution in [1.82, 2.24) is 10.6 Å². The predicted octanol–water partition coefficient (Wildman–Crippen LogP) is 3.51. The molecule has 0 saturated heterocycles. The van der Waals surface area contributed by atoms with E-state index >= 15 is 0 Å². The first-order valence-electron chi connectivity index (χ1n) is 10.3. The zero-order chi connectivity index (χ0) is 21.2. The predicted molar refractivity (Wildman–Crippen MR) is 134 cm³/mol. The van der Waals surface area contributed by atoms with Gasteiger partial charge in [0.05, 0.1) is 13.2 Å². The Hall–Kier alpha value is -2.33. The summed E-state index contributed by atoms with van der Waals surface area (Å²) in [5, 5.41) is 9.60. The lowest BCUT2D eigenvalue weighted by Crippen LogP contribution is -2.40. The molecule has 168 valence electrons. The van der Waals surface area contributed by atoms with Crippen molar-refractivity contribution in [2.24, 2.45) is 4.99 Å². The first-order valence-corrected chi connectivity index (χ1v) is 10.3. The molecule has 0 fully saturated rings. The standard InChI is InChI=1S/C23H30N4O3.HI/c1-3-24-23(25-15-17-8-10-19(11-9-17)30-13-12-29-2)26-16-18-14-22(28)27-21-7-5-4-6-20(18)21;/h4-11,18H,3,12-16H2,1-2H3,(H,27,28)(H2,24,25,26);1H. The maximum atomic E-state index is 12.0. The van der Waals surface area contributed by atoms with Gasteiger partial charge in [-0.25, -0.2) is 4.99 Å². The number of benzene rings is 2. The smallest absolute Gasteiger partial charge is 0.225 e. The maximum Gasteiger partial charge on any atom is 0.225 e. The number of fused-ring (bicyclic) bond motifs is 1. The van der Waals surface area contributed by atoms with Gasteiger partial charge in [0.2, 0.25) is 5.91 Å². The number of para-hydroxylation sites is 1. The Morgan fingerprint density at radius 3 is 2.65 bits per heavy atom. The number of methoxy groups -OCH3 is 1. The van der Waals surface area contributed by atoms with Crippen LogP contribution in [-0.2, 0) is 16.1 Å². The topological polar surface area (TPSA) is 84.0 Å². The number of hydrogen-bond acceptors (Lipinski definition) is 4. The van der Waals surface area contributed by atoms with E-state index < -0.39 is 0 Å². The zero-order valence-electron chi connectivity index (χ0n) is 18.0. The second-order valence-corrected chi connectivity index (χ2v) is 7.10. The van der Waals surface area contributed by atoms with Crippen LogP contribution in [0.5, 0.6) is 5.75 Å².